The van der Waals surface area contributed by atoms with Crippen molar-refractivity contribution < 1.29 is 4.74 Å². The first-order valence-corrected chi connectivity index (χ1v) is 7.42. The van der Waals surface area contributed by atoms with E-state index >= 15 is 0 Å². The third kappa shape index (κ3) is 4.16. The molecule has 1 aliphatic heterocycles. The zero-order valence-electron chi connectivity index (χ0n) is 12.5. The molecule has 0 aromatic carbocycles. The number of nitrogen functional groups attached to an aromatic ring is 1. The zero-order chi connectivity index (χ0) is 14.4. The van der Waals surface area contributed by atoms with Crippen LogP contribution in [0.15, 0.2) is 18.5 Å². The van der Waals surface area contributed by atoms with Gasteiger partial charge in [0.1, 0.15) is 0 Å². The van der Waals surface area contributed by atoms with E-state index in [0.717, 1.165) is 50.3 Å². The van der Waals surface area contributed by atoms with Gasteiger partial charge >= 0.3 is 0 Å². The first-order chi connectivity index (χ1) is 9.70. The fourth-order valence-corrected chi connectivity index (χ4v) is 2.56. The van der Waals surface area contributed by atoms with Crippen molar-refractivity contribution in [2.45, 2.75) is 31.9 Å². The number of morpholine rings is 1. The lowest BCUT2D eigenvalue weighted by Crippen LogP contribution is -2.52. The van der Waals surface area contributed by atoms with E-state index < -0.39 is 0 Å². The van der Waals surface area contributed by atoms with E-state index in [1.54, 1.807) is 6.20 Å². The van der Waals surface area contributed by atoms with Crippen LogP contribution in [-0.2, 0) is 11.2 Å². The highest BCUT2D eigenvalue weighted by Gasteiger charge is 2.27. The molecule has 0 spiro atoms. The zero-order valence-corrected chi connectivity index (χ0v) is 12.5. The van der Waals surface area contributed by atoms with Gasteiger partial charge in [-0.1, -0.05) is 6.92 Å². The number of likely N-dealkylation sites (N-methyl/N-ethyl adjacent to an activating group) is 1. The van der Waals surface area contributed by atoms with Gasteiger partial charge < -0.3 is 20.7 Å². The maximum Gasteiger partial charge on any atom is 0.0858 e. The highest BCUT2D eigenvalue weighted by Crippen LogP contribution is 2.16. The molecule has 0 bridgehead atoms. The number of hydrogen-bond donors (Lipinski definition) is 2. The predicted molar refractivity (Wildman–Crippen MR) is 81.7 cm³/mol. The number of ether oxygens (including phenoxy) is 1. The van der Waals surface area contributed by atoms with Gasteiger partial charge in [0, 0.05) is 37.2 Å². The van der Waals surface area contributed by atoms with Gasteiger partial charge in [0.05, 0.1) is 12.7 Å². The summed E-state index contributed by atoms with van der Waals surface area (Å²) in [5.74, 6) is 0. The Morgan fingerprint density at radius 1 is 1.60 bits per heavy atom. The average molecular weight is 278 g/mol. The van der Waals surface area contributed by atoms with Gasteiger partial charge in [0.2, 0.25) is 0 Å². The smallest absolute Gasteiger partial charge is 0.0858 e. The first-order valence-electron chi connectivity index (χ1n) is 7.42. The molecule has 2 atom stereocenters. The summed E-state index contributed by atoms with van der Waals surface area (Å²) in [5.41, 5.74) is 7.94. The monoisotopic (exact) mass is 278 g/mol. The van der Waals surface area contributed by atoms with Crippen LogP contribution in [0.4, 0.5) is 5.69 Å². The van der Waals surface area contributed by atoms with Crippen molar-refractivity contribution >= 4 is 5.69 Å². The number of anilines is 1. The van der Waals surface area contributed by atoms with Gasteiger partial charge in [-0.15, -0.1) is 0 Å². The molecule has 20 heavy (non-hydrogen) atoms. The normalized spacial score (nSPS) is 21.8. The minimum atomic E-state index is 0.208. The van der Waals surface area contributed by atoms with E-state index in [1.165, 1.54) is 0 Å². The Morgan fingerprint density at radius 3 is 3.15 bits per heavy atom. The van der Waals surface area contributed by atoms with Crippen molar-refractivity contribution in [2.75, 3.05) is 39.0 Å². The molecule has 0 amide bonds. The third-order valence-corrected chi connectivity index (χ3v) is 3.78. The van der Waals surface area contributed by atoms with Gasteiger partial charge in [0.15, 0.2) is 0 Å². The Balaban J connectivity index is 2.04. The molecule has 0 radical (unpaired) electrons. The van der Waals surface area contributed by atoms with Gasteiger partial charge in [-0.2, -0.15) is 0 Å². The van der Waals surface area contributed by atoms with Gasteiger partial charge in [-0.05, 0) is 38.1 Å². The first kappa shape index (κ1) is 15.2. The summed E-state index contributed by atoms with van der Waals surface area (Å²) < 4.78 is 5.95. The molecule has 112 valence electrons. The van der Waals surface area contributed by atoms with Gasteiger partial charge in [-0.3, -0.25) is 4.98 Å². The standard InChI is InChI=1S/C15H26N4O/c1-3-5-18-14(15-11-19(2)7-8-20-15)9-12-10-17-6-4-13(12)16/h4,6,10,14-15,18H,3,5,7-9,11H2,1-2H3,(H2,16,17). The number of nitrogens with two attached hydrogens (primary N) is 1. The molecule has 1 aromatic rings. The van der Waals surface area contributed by atoms with E-state index in [1.807, 2.05) is 12.3 Å². The Labute approximate surface area is 121 Å². The minimum absolute atomic E-state index is 0.208. The Bertz CT molecular complexity index is 413. The number of nitrogens with one attached hydrogen (secondary N) is 1. The number of pyridine rings is 1. The molecular formula is C15H26N4O. The van der Waals surface area contributed by atoms with Gasteiger partial charge in [-0.25, -0.2) is 0 Å². The Hall–Kier alpha value is -1.17. The Kier molecular flexibility index (Phi) is 5.76. The second-order valence-corrected chi connectivity index (χ2v) is 5.51. The Morgan fingerprint density at radius 2 is 2.45 bits per heavy atom. The van der Waals surface area contributed by atoms with Gasteiger partial charge in [0.25, 0.3) is 0 Å². The van der Waals surface area contributed by atoms with E-state index in [-0.39, 0.29) is 12.1 Å². The maximum absolute atomic E-state index is 6.04. The van der Waals surface area contributed by atoms with E-state index in [9.17, 15) is 0 Å². The summed E-state index contributed by atoms with van der Waals surface area (Å²) in [6, 6.07) is 2.14. The van der Waals surface area contributed by atoms with Crippen LogP contribution in [0.5, 0.6) is 0 Å². The lowest BCUT2D eigenvalue weighted by Gasteiger charge is -2.36. The maximum atomic E-state index is 6.04. The highest BCUT2D eigenvalue weighted by molar-refractivity contribution is 5.44. The highest BCUT2D eigenvalue weighted by atomic mass is 16.5. The molecule has 1 aliphatic rings. The SMILES string of the molecule is CCCNC(Cc1cnccc1N)C1CN(C)CCO1. The van der Waals surface area contributed by atoms with E-state index in [2.05, 4.69) is 29.2 Å². The molecule has 2 heterocycles. The predicted octanol–water partition coefficient (Wildman–Crippen LogP) is 0.905. The van der Waals surface area contributed by atoms with Crippen molar-refractivity contribution in [2.24, 2.45) is 0 Å². The lowest BCUT2D eigenvalue weighted by molar-refractivity contribution is -0.0383. The summed E-state index contributed by atoms with van der Waals surface area (Å²) >= 11 is 0. The van der Waals surface area contributed by atoms with Crippen LogP contribution in [0.25, 0.3) is 0 Å². The van der Waals surface area contributed by atoms with Crippen LogP contribution in [0.1, 0.15) is 18.9 Å². The van der Waals surface area contributed by atoms with Crippen molar-refractivity contribution in [3.05, 3.63) is 24.0 Å². The van der Waals surface area contributed by atoms with Crippen LogP contribution in [0.3, 0.4) is 0 Å². The topological polar surface area (TPSA) is 63.4 Å². The average Bonchev–Trinajstić information content (AvgIpc) is 2.45. The van der Waals surface area contributed by atoms with Crippen LogP contribution in [0.2, 0.25) is 0 Å². The molecule has 5 heteroatoms. The van der Waals surface area contributed by atoms with E-state index in [4.69, 9.17) is 10.5 Å². The number of hydrogen-bond acceptors (Lipinski definition) is 5. The van der Waals surface area contributed by atoms with Crippen LogP contribution >= 0.6 is 0 Å². The quantitative estimate of drug-likeness (QED) is 0.809. The molecular weight excluding hydrogens is 252 g/mol. The molecule has 3 N–H and O–H groups in total. The summed E-state index contributed by atoms with van der Waals surface area (Å²) in [4.78, 5) is 6.50. The largest absolute Gasteiger partial charge is 0.398 e. The minimum Gasteiger partial charge on any atom is -0.398 e. The fraction of sp³-hybridized carbons (Fsp3) is 0.667. The van der Waals surface area contributed by atoms with Crippen LogP contribution < -0.4 is 11.1 Å². The number of nitrogens with zero attached hydrogens (tertiary/aromatic N) is 2. The second-order valence-electron chi connectivity index (χ2n) is 5.51. The molecule has 1 aromatic heterocycles. The second kappa shape index (κ2) is 7.57. The third-order valence-electron chi connectivity index (χ3n) is 3.78. The summed E-state index contributed by atoms with van der Waals surface area (Å²) in [6.07, 6.45) is 5.78. The molecule has 5 nitrogen and oxygen atoms in total. The van der Waals surface area contributed by atoms with Crippen LogP contribution in [0, 0.1) is 0 Å². The molecule has 0 saturated carbocycles. The molecule has 1 saturated heterocycles. The van der Waals surface area contributed by atoms with Crippen molar-refractivity contribution in [3.63, 3.8) is 0 Å². The van der Waals surface area contributed by atoms with Crippen molar-refractivity contribution in [1.29, 1.82) is 0 Å². The summed E-state index contributed by atoms with van der Waals surface area (Å²) in [5, 5.41) is 3.60. The van der Waals surface area contributed by atoms with E-state index in [0.29, 0.717) is 0 Å². The lowest BCUT2D eigenvalue weighted by atomic mass is 10.00. The summed E-state index contributed by atoms with van der Waals surface area (Å²) in [7, 11) is 2.14. The fourth-order valence-electron chi connectivity index (χ4n) is 2.56. The molecule has 1 fully saturated rings. The molecule has 2 unspecified atom stereocenters. The van der Waals surface area contributed by atoms with Crippen molar-refractivity contribution in [3.8, 4) is 0 Å². The number of aromatic nitrogens is 1. The number of rotatable bonds is 6. The van der Waals surface area contributed by atoms with Crippen LogP contribution in [-0.4, -0.2) is 55.3 Å². The van der Waals surface area contributed by atoms with Crippen molar-refractivity contribution in [1.82, 2.24) is 15.2 Å². The molecule has 0 aliphatic carbocycles. The molecule has 2 rings (SSSR count). The summed E-state index contributed by atoms with van der Waals surface area (Å²) in [6.45, 7) is 5.94.